The number of carbonyl (C=O) groups is 1. The average molecular weight is 372 g/mol. The molecule has 0 bridgehead atoms. The SMILES string of the molecule is O=C(Nc1ccc([N+](=O)[O-])cc1)c1ccc(-c2ncccc2Cl)c(F)c1. The van der Waals surface area contributed by atoms with Crippen molar-refractivity contribution in [3.05, 3.63) is 87.3 Å². The molecule has 1 amide bonds. The second-order valence-electron chi connectivity index (χ2n) is 5.29. The number of nitrogens with one attached hydrogen (secondary N) is 1. The van der Waals surface area contributed by atoms with E-state index in [9.17, 15) is 19.3 Å². The van der Waals surface area contributed by atoms with E-state index in [1.807, 2.05) is 0 Å². The molecular weight excluding hydrogens is 361 g/mol. The zero-order chi connectivity index (χ0) is 18.7. The van der Waals surface area contributed by atoms with Gasteiger partial charge in [0, 0.05) is 35.1 Å². The Balaban J connectivity index is 1.81. The molecule has 0 saturated carbocycles. The van der Waals surface area contributed by atoms with Gasteiger partial charge in [-0.1, -0.05) is 11.6 Å². The normalized spacial score (nSPS) is 10.4. The van der Waals surface area contributed by atoms with Crippen molar-refractivity contribution < 1.29 is 14.1 Å². The van der Waals surface area contributed by atoms with Crippen LogP contribution in [0.5, 0.6) is 0 Å². The summed E-state index contributed by atoms with van der Waals surface area (Å²) < 4.78 is 14.4. The maximum Gasteiger partial charge on any atom is 0.269 e. The van der Waals surface area contributed by atoms with Crippen LogP contribution >= 0.6 is 11.6 Å². The molecule has 0 radical (unpaired) electrons. The van der Waals surface area contributed by atoms with E-state index in [2.05, 4.69) is 10.3 Å². The molecule has 3 aromatic rings. The Morgan fingerprint density at radius 2 is 1.88 bits per heavy atom. The minimum absolute atomic E-state index is 0.0920. The molecule has 1 N–H and O–H groups in total. The van der Waals surface area contributed by atoms with E-state index >= 15 is 0 Å². The number of pyridine rings is 1. The molecule has 0 atom stereocenters. The lowest BCUT2D eigenvalue weighted by atomic mass is 10.1. The number of amides is 1. The predicted octanol–water partition coefficient (Wildman–Crippen LogP) is 4.70. The Morgan fingerprint density at radius 1 is 1.15 bits per heavy atom. The van der Waals surface area contributed by atoms with Crippen molar-refractivity contribution >= 4 is 28.9 Å². The second-order valence-corrected chi connectivity index (χ2v) is 5.69. The van der Waals surface area contributed by atoms with Crippen molar-refractivity contribution in [2.45, 2.75) is 0 Å². The number of benzene rings is 2. The van der Waals surface area contributed by atoms with Crippen LogP contribution in [0.4, 0.5) is 15.8 Å². The van der Waals surface area contributed by atoms with E-state index in [0.717, 1.165) is 6.07 Å². The van der Waals surface area contributed by atoms with E-state index in [0.29, 0.717) is 10.7 Å². The summed E-state index contributed by atoms with van der Waals surface area (Å²) >= 11 is 6.02. The van der Waals surface area contributed by atoms with Gasteiger partial charge in [-0.3, -0.25) is 19.9 Å². The summed E-state index contributed by atoms with van der Waals surface area (Å²) in [6.07, 6.45) is 1.50. The standard InChI is InChI=1S/C18H11ClFN3O3/c19-15-2-1-9-21-17(15)14-8-3-11(10-16(14)20)18(24)22-12-4-6-13(7-5-12)23(25)26/h1-10H,(H,22,24). The Morgan fingerprint density at radius 3 is 2.50 bits per heavy atom. The molecule has 1 heterocycles. The topological polar surface area (TPSA) is 85.1 Å². The number of halogens is 2. The molecule has 2 aromatic carbocycles. The Hall–Kier alpha value is -3.32. The van der Waals surface area contributed by atoms with Crippen molar-refractivity contribution in [2.75, 3.05) is 5.32 Å². The van der Waals surface area contributed by atoms with Gasteiger partial charge in [-0.05, 0) is 42.5 Å². The van der Waals surface area contributed by atoms with Gasteiger partial charge in [0.2, 0.25) is 0 Å². The highest BCUT2D eigenvalue weighted by atomic mass is 35.5. The average Bonchev–Trinajstić information content (AvgIpc) is 2.63. The number of nitro groups is 1. The van der Waals surface area contributed by atoms with Gasteiger partial charge in [0.1, 0.15) is 5.82 Å². The maximum absolute atomic E-state index is 14.4. The number of hydrogen-bond acceptors (Lipinski definition) is 4. The van der Waals surface area contributed by atoms with Gasteiger partial charge in [0.15, 0.2) is 0 Å². The fourth-order valence-electron chi connectivity index (χ4n) is 2.30. The monoisotopic (exact) mass is 371 g/mol. The lowest BCUT2D eigenvalue weighted by Gasteiger charge is -2.08. The molecule has 26 heavy (non-hydrogen) atoms. The smallest absolute Gasteiger partial charge is 0.269 e. The lowest BCUT2D eigenvalue weighted by molar-refractivity contribution is -0.384. The largest absolute Gasteiger partial charge is 0.322 e. The zero-order valence-electron chi connectivity index (χ0n) is 13.1. The van der Waals surface area contributed by atoms with Gasteiger partial charge in [-0.2, -0.15) is 0 Å². The first-order valence-corrected chi connectivity index (χ1v) is 7.80. The number of rotatable bonds is 4. The summed E-state index contributed by atoms with van der Waals surface area (Å²) in [7, 11) is 0. The van der Waals surface area contributed by atoms with E-state index in [-0.39, 0.29) is 22.5 Å². The fraction of sp³-hybridized carbons (Fsp3) is 0. The van der Waals surface area contributed by atoms with E-state index < -0.39 is 16.6 Å². The van der Waals surface area contributed by atoms with E-state index in [4.69, 9.17) is 11.6 Å². The van der Waals surface area contributed by atoms with Crippen LogP contribution in [0.2, 0.25) is 5.02 Å². The molecule has 0 spiro atoms. The van der Waals surface area contributed by atoms with Gasteiger partial charge in [0.25, 0.3) is 11.6 Å². The van der Waals surface area contributed by atoms with Gasteiger partial charge in [-0.25, -0.2) is 4.39 Å². The number of aromatic nitrogens is 1. The minimum atomic E-state index is -0.637. The summed E-state index contributed by atoms with van der Waals surface area (Å²) in [5.74, 6) is -1.18. The second kappa shape index (κ2) is 7.28. The lowest BCUT2D eigenvalue weighted by Crippen LogP contribution is -2.12. The molecule has 8 heteroatoms. The molecule has 0 aliphatic carbocycles. The van der Waals surface area contributed by atoms with Crippen LogP contribution in [0.3, 0.4) is 0 Å². The Kier molecular flexibility index (Phi) is 4.90. The number of anilines is 1. The quantitative estimate of drug-likeness (QED) is 0.532. The Labute approximate surface area is 152 Å². The molecular formula is C18H11ClFN3O3. The third kappa shape index (κ3) is 3.68. The van der Waals surface area contributed by atoms with Gasteiger partial charge in [-0.15, -0.1) is 0 Å². The number of non-ortho nitro benzene ring substituents is 1. The maximum atomic E-state index is 14.4. The van der Waals surface area contributed by atoms with Crippen molar-refractivity contribution in [1.82, 2.24) is 4.98 Å². The number of carbonyl (C=O) groups excluding carboxylic acids is 1. The van der Waals surface area contributed by atoms with Crippen molar-refractivity contribution in [1.29, 1.82) is 0 Å². The number of hydrogen-bond donors (Lipinski definition) is 1. The first-order valence-electron chi connectivity index (χ1n) is 7.42. The van der Waals surface area contributed by atoms with Crippen LogP contribution in [0.25, 0.3) is 11.3 Å². The van der Waals surface area contributed by atoms with Crippen LogP contribution in [0, 0.1) is 15.9 Å². The van der Waals surface area contributed by atoms with Gasteiger partial charge >= 0.3 is 0 Å². The van der Waals surface area contributed by atoms with Crippen molar-refractivity contribution in [3.8, 4) is 11.3 Å². The summed E-state index contributed by atoms with van der Waals surface area (Å²) in [6, 6.07) is 12.5. The molecule has 0 aliphatic heterocycles. The highest BCUT2D eigenvalue weighted by molar-refractivity contribution is 6.33. The van der Waals surface area contributed by atoms with E-state index in [1.165, 1.54) is 42.6 Å². The first kappa shape index (κ1) is 17.5. The minimum Gasteiger partial charge on any atom is -0.322 e. The first-order chi connectivity index (χ1) is 12.5. The molecule has 0 saturated heterocycles. The van der Waals surface area contributed by atoms with Crippen LogP contribution in [0.15, 0.2) is 60.8 Å². The molecule has 1 aromatic heterocycles. The van der Waals surface area contributed by atoms with E-state index in [1.54, 1.807) is 12.1 Å². The summed E-state index contributed by atoms with van der Waals surface area (Å²) in [4.78, 5) is 26.4. The predicted molar refractivity (Wildman–Crippen MR) is 95.7 cm³/mol. The summed E-state index contributed by atoms with van der Waals surface area (Å²) in [5.41, 5.74) is 0.830. The van der Waals surface area contributed by atoms with Crippen molar-refractivity contribution in [3.63, 3.8) is 0 Å². The molecule has 0 unspecified atom stereocenters. The third-order valence-electron chi connectivity index (χ3n) is 3.58. The van der Waals surface area contributed by atoms with Crippen LogP contribution in [-0.4, -0.2) is 15.8 Å². The fourth-order valence-corrected chi connectivity index (χ4v) is 2.53. The highest BCUT2D eigenvalue weighted by Crippen LogP contribution is 2.28. The van der Waals surface area contributed by atoms with Crippen LogP contribution in [-0.2, 0) is 0 Å². The van der Waals surface area contributed by atoms with Gasteiger partial charge < -0.3 is 5.32 Å². The number of nitro benzene ring substituents is 1. The highest BCUT2D eigenvalue weighted by Gasteiger charge is 2.14. The number of nitrogens with zero attached hydrogens (tertiary/aromatic N) is 2. The summed E-state index contributed by atoms with van der Waals surface area (Å²) in [5, 5.41) is 13.5. The molecule has 6 nitrogen and oxygen atoms in total. The molecule has 130 valence electrons. The molecule has 0 aliphatic rings. The third-order valence-corrected chi connectivity index (χ3v) is 3.89. The van der Waals surface area contributed by atoms with Crippen LogP contribution < -0.4 is 5.32 Å². The summed E-state index contributed by atoms with van der Waals surface area (Å²) in [6.45, 7) is 0. The Bertz CT molecular complexity index is 993. The molecule has 0 fully saturated rings. The van der Waals surface area contributed by atoms with Crippen LogP contribution in [0.1, 0.15) is 10.4 Å². The zero-order valence-corrected chi connectivity index (χ0v) is 13.9. The van der Waals surface area contributed by atoms with Gasteiger partial charge in [0.05, 0.1) is 15.6 Å². The van der Waals surface area contributed by atoms with Crippen molar-refractivity contribution in [2.24, 2.45) is 0 Å². The molecule has 3 rings (SSSR count).